The lowest BCUT2D eigenvalue weighted by Gasteiger charge is -2.13. The fourth-order valence-electron chi connectivity index (χ4n) is 2.34. The molecule has 0 radical (unpaired) electrons. The van der Waals surface area contributed by atoms with E-state index in [-0.39, 0.29) is 24.2 Å². The van der Waals surface area contributed by atoms with Gasteiger partial charge < -0.3 is 9.84 Å². The SMILES string of the molecule is C[C@@H](NC(=O)CCc1nc(-c2cccnc2)no1)c1ccc(F)cc1. The van der Waals surface area contributed by atoms with Crippen LogP contribution in [0.3, 0.4) is 0 Å². The monoisotopic (exact) mass is 340 g/mol. The van der Waals surface area contributed by atoms with E-state index >= 15 is 0 Å². The molecule has 3 rings (SSSR count). The van der Waals surface area contributed by atoms with E-state index in [1.54, 1.807) is 30.6 Å². The number of halogens is 1. The Hall–Kier alpha value is -3.09. The van der Waals surface area contributed by atoms with E-state index in [9.17, 15) is 9.18 Å². The maximum atomic E-state index is 12.9. The second-order valence-electron chi connectivity index (χ2n) is 5.59. The first-order chi connectivity index (χ1) is 12.1. The Kier molecular flexibility index (Phi) is 5.13. The van der Waals surface area contributed by atoms with Crippen molar-refractivity contribution in [2.75, 3.05) is 0 Å². The Morgan fingerprint density at radius 3 is 2.80 bits per heavy atom. The summed E-state index contributed by atoms with van der Waals surface area (Å²) in [6, 6.07) is 9.46. The molecule has 0 saturated carbocycles. The van der Waals surface area contributed by atoms with Crippen LogP contribution < -0.4 is 5.32 Å². The molecular formula is C18H17FN4O2. The van der Waals surface area contributed by atoms with Gasteiger partial charge >= 0.3 is 0 Å². The van der Waals surface area contributed by atoms with Crippen LogP contribution in [0.15, 0.2) is 53.3 Å². The molecule has 1 atom stereocenters. The van der Waals surface area contributed by atoms with E-state index in [2.05, 4.69) is 20.4 Å². The van der Waals surface area contributed by atoms with Gasteiger partial charge in [-0.15, -0.1) is 0 Å². The highest BCUT2D eigenvalue weighted by atomic mass is 19.1. The van der Waals surface area contributed by atoms with Crippen molar-refractivity contribution in [3.63, 3.8) is 0 Å². The summed E-state index contributed by atoms with van der Waals surface area (Å²) in [5.41, 5.74) is 1.60. The van der Waals surface area contributed by atoms with Gasteiger partial charge in [0.15, 0.2) is 0 Å². The second kappa shape index (κ2) is 7.65. The van der Waals surface area contributed by atoms with Crippen LogP contribution in [0.2, 0.25) is 0 Å². The van der Waals surface area contributed by atoms with Crippen LogP contribution in [0.4, 0.5) is 4.39 Å². The number of aromatic nitrogens is 3. The molecule has 0 fully saturated rings. The van der Waals surface area contributed by atoms with Crippen molar-refractivity contribution in [3.8, 4) is 11.4 Å². The molecule has 0 unspecified atom stereocenters. The molecule has 0 aliphatic heterocycles. The lowest BCUT2D eigenvalue weighted by atomic mass is 10.1. The smallest absolute Gasteiger partial charge is 0.227 e. The van der Waals surface area contributed by atoms with E-state index in [1.807, 2.05) is 13.0 Å². The quantitative estimate of drug-likeness (QED) is 0.746. The summed E-state index contributed by atoms with van der Waals surface area (Å²) < 4.78 is 18.1. The van der Waals surface area contributed by atoms with Gasteiger partial charge in [0.2, 0.25) is 17.6 Å². The maximum absolute atomic E-state index is 12.9. The van der Waals surface area contributed by atoms with Crippen LogP contribution in [0.1, 0.15) is 30.8 Å². The summed E-state index contributed by atoms with van der Waals surface area (Å²) in [5.74, 6) is 0.396. The van der Waals surface area contributed by atoms with Crippen molar-refractivity contribution in [1.82, 2.24) is 20.4 Å². The van der Waals surface area contributed by atoms with E-state index in [0.29, 0.717) is 18.1 Å². The number of hydrogen-bond donors (Lipinski definition) is 1. The number of amides is 1. The van der Waals surface area contributed by atoms with Gasteiger partial charge in [-0.1, -0.05) is 17.3 Å². The number of hydrogen-bond acceptors (Lipinski definition) is 5. The molecule has 2 aromatic heterocycles. The fraction of sp³-hybridized carbons (Fsp3) is 0.222. The normalized spacial score (nSPS) is 11.9. The van der Waals surface area contributed by atoms with Gasteiger partial charge in [0.05, 0.1) is 6.04 Å². The van der Waals surface area contributed by atoms with Crippen molar-refractivity contribution in [2.24, 2.45) is 0 Å². The van der Waals surface area contributed by atoms with Gasteiger partial charge in [0.25, 0.3) is 0 Å². The lowest BCUT2D eigenvalue weighted by Crippen LogP contribution is -2.26. The minimum atomic E-state index is -0.303. The van der Waals surface area contributed by atoms with Crippen molar-refractivity contribution in [2.45, 2.75) is 25.8 Å². The average molecular weight is 340 g/mol. The van der Waals surface area contributed by atoms with Crippen LogP contribution in [-0.2, 0) is 11.2 Å². The Morgan fingerprint density at radius 1 is 1.28 bits per heavy atom. The van der Waals surface area contributed by atoms with E-state index in [4.69, 9.17) is 4.52 Å². The Morgan fingerprint density at radius 2 is 2.08 bits per heavy atom. The fourth-order valence-corrected chi connectivity index (χ4v) is 2.34. The Bertz CT molecular complexity index is 834. The molecule has 2 heterocycles. The first kappa shape index (κ1) is 16.8. The first-order valence-corrected chi connectivity index (χ1v) is 7.89. The predicted molar refractivity (Wildman–Crippen MR) is 88.8 cm³/mol. The zero-order valence-corrected chi connectivity index (χ0v) is 13.6. The molecule has 0 spiro atoms. The third-order valence-corrected chi connectivity index (χ3v) is 3.70. The maximum Gasteiger partial charge on any atom is 0.227 e. The number of nitrogens with zero attached hydrogens (tertiary/aromatic N) is 3. The molecule has 1 N–H and O–H groups in total. The van der Waals surface area contributed by atoms with E-state index < -0.39 is 0 Å². The topological polar surface area (TPSA) is 80.9 Å². The lowest BCUT2D eigenvalue weighted by molar-refractivity contribution is -0.121. The summed E-state index contributed by atoms with van der Waals surface area (Å²) in [6.45, 7) is 1.85. The minimum absolute atomic E-state index is 0.141. The summed E-state index contributed by atoms with van der Waals surface area (Å²) in [6.07, 6.45) is 3.87. The summed E-state index contributed by atoms with van der Waals surface area (Å²) >= 11 is 0. The molecule has 0 aliphatic carbocycles. The first-order valence-electron chi connectivity index (χ1n) is 7.89. The van der Waals surface area contributed by atoms with Crippen LogP contribution in [0.5, 0.6) is 0 Å². The standard InChI is InChI=1S/C18H17FN4O2/c1-12(13-4-6-15(19)7-5-13)21-16(24)8-9-17-22-18(23-25-17)14-3-2-10-20-11-14/h2-7,10-12H,8-9H2,1H3,(H,21,24)/t12-/m1/s1. The number of carbonyl (C=O) groups excluding carboxylic acids is 1. The minimum Gasteiger partial charge on any atom is -0.350 e. The molecule has 0 saturated heterocycles. The largest absolute Gasteiger partial charge is 0.350 e. The van der Waals surface area contributed by atoms with Crippen molar-refractivity contribution in [3.05, 3.63) is 66.1 Å². The third-order valence-electron chi connectivity index (χ3n) is 3.70. The summed E-state index contributed by atoms with van der Waals surface area (Å²) in [4.78, 5) is 20.3. The molecule has 1 amide bonds. The number of nitrogens with one attached hydrogen (secondary N) is 1. The molecule has 128 valence electrons. The van der Waals surface area contributed by atoms with Crippen molar-refractivity contribution >= 4 is 5.91 Å². The van der Waals surface area contributed by atoms with Crippen molar-refractivity contribution < 1.29 is 13.7 Å². The highest BCUT2D eigenvalue weighted by Gasteiger charge is 2.13. The molecule has 3 aromatic rings. The highest BCUT2D eigenvalue weighted by molar-refractivity contribution is 5.76. The number of aryl methyl sites for hydroxylation is 1. The van der Waals surface area contributed by atoms with E-state index in [0.717, 1.165) is 11.1 Å². The predicted octanol–water partition coefficient (Wildman–Crippen LogP) is 3.08. The molecule has 1 aromatic carbocycles. The Labute approximate surface area is 144 Å². The molecular weight excluding hydrogens is 323 g/mol. The zero-order valence-electron chi connectivity index (χ0n) is 13.6. The van der Waals surface area contributed by atoms with Crippen LogP contribution in [-0.4, -0.2) is 21.0 Å². The second-order valence-corrected chi connectivity index (χ2v) is 5.59. The molecule has 0 aliphatic rings. The van der Waals surface area contributed by atoms with Gasteiger partial charge in [0.1, 0.15) is 5.82 Å². The van der Waals surface area contributed by atoms with E-state index in [1.165, 1.54) is 12.1 Å². The molecule has 25 heavy (non-hydrogen) atoms. The zero-order chi connectivity index (χ0) is 17.6. The number of pyridine rings is 1. The summed E-state index contributed by atoms with van der Waals surface area (Å²) in [5, 5.41) is 6.75. The van der Waals surface area contributed by atoms with Gasteiger partial charge in [-0.3, -0.25) is 9.78 Å². The summed E-state index contributed by atoms with van der Waals surface area (Å²) in [7, 11) is 0. The highest BCUT2D eigenvalue weighted by Crippen LogP contribution is 2.15. The number of rotatable bonds is 6. The number of carbonyl (C=O) groups is 1. The van der Waals surface area contributed by atoms with Crippen LogP contribution in [0.25, 0.3) is 11.4 Å². The van der Waals surface area contributed by atoms with Gasteiger partial charge in [-0.05, 0) is 36.8 Å². The number of benzene rings is 1. The third kappa shape index (κ3) is 4.47. The van der Waals surface area contributed by atoms with Crippen molar-refractivity contribution in [1.29, 1.82) is 0 Å². The average Bonchev–Trinajstić information content (AvgIpc) is 3.10. The molecule has 6 nitrogen and oxygen atoms in total. The van der Waals surface area contributed by atoms with Crippen LogP contribution >= 0.6 is 0 Å². The van der Waals surface area contributed by atoms with Gasteiger partial charge in [-0.25, -0.2) is 4.39 Å². The Balaban J connectivity index is 1.52. The van der Waals surface area contributed by atoms with Crippen LogP contribution in [0, 0.1) is 5.82 Å². The van der Waals surface area contributed by atoms with Gasteiger partial charge in [0, 0.05) is 30.8 Å². The molecule has 7 heteroatoms. The van der Waals surface area contributed by atoms with Gasteiger partial charge in [-0.2, -0.15) is 4.98 Å². The molecule has 0 bridgehead atoms.